The second-order valence-corrected chi connectivity index (χ2v) is 10.4. The number of ether oxygens (including phenoxy) is 1. The maximum Gasteiger partial charge on any atom is 0.339 e. The summed E-state index contributed by atoms with van der Waals surface area (Å²) < 4.78 is 5.73. The van der Waals surface area contributed by atoms with E-state index < -0.39 is 42.7 Å². The Morgan fingerprint density at radius 3 is 2.10 bits per heavy atom. The fourth-order valence-corrected chi connectivity index (χ4v) is 4.77. The summed E-state index contributed by atoms with van der Waals surface area (Å²) >= 11 is 0. The van der Waals surface area contributed by atoms with Crippen LogP contribution in [0.1, 0.15) is 23.7 Å². The second-order valence-electron chi connectivity index (χ2n) is 6.61. The van der Waals surface area contributed by atoms with Crippen LogP contribution in [0.25, 0.3) is 0 Å². The molecule has 0 N–H and O–H groups in total. The van der Waals surface area contributed by atoms with Crippen molar-refractivity contribution in [1.82, 2.24) is 0 Å². The van der Waals surface area contributed by atoms with Crippen molar-refractivity contribution in [2.75, 3.05) is 12.5 Å². The van der Waals surface area contributed by atoms with E-state index in [1.54, 1.807) is 0 Å². The number of nitrogens with zero attached hydrogens (tertiary/aromatic N) is 2. The third kappa shape index (κ3) is 5.41. The zero-order valence-corrected chi connectivity index (χ0v) is 17.1. The lowest BCUT2D eigenvalue weighted by molar-refractivity contribution is -0.394. The average Bonchev–Trinajstić information content (AvgIpc) is 2.70. The highest BCUT2D eigenvalue weighted by atomic mass is 32.3. The minimum atomic E-state index is -1.59. The monoisotopic (exact) mass is 418 g/mol. The molecule has 1 unspecified atom stereocenters. The molecular formula is C20H22N2O6S. The van der Waals surface area contributed by atoms with E-state index in [-0.39, 0.29) is 5.56 Å². The minimum absolute atomic E-state index is 0.223. The lowest BCUT2D eigenvalue weighted by Gasteiger charge is -2.39. The molecule has 0 amide bonds. The second kappa shape index (κ2) is 9.33. The van der Waals surface area contributed by atoms with Gasteiger partial charge in [0, 0.05) is 18.6 Å². The van der Waals surface area contributed by atoms with E-state index in [4.69, 9.17) is 4.74 Å². The summed E-state index contributed by atoms with van der Waals surface area (Å²) in [5, 5.41) is 22.2. The first-order valence-electron chi connectivity index (χ1n) is 8.70. The smallest absolute Gasteiger partial charge is 0.339 e. The van der Waals surface area contributed by atoms with Gasteiger partial charge in [0.05, 0.1) is 21.5 Å². The fourth-order valence-electron chi connectivity index (χ4n) is 2.69. The Kier molecular flexibility index (Phi) is 7.11. The molecule has 0 aliphatic carbocycles. The van der Waals surface area contributed by atoms with Crippen LogP contribution in [-0.4, -0.2) is 33.8 Å². The van der Waals surface area contributed by atoms with Gasteiger partial charge in [0.2, 0.25) is 0 Å². The number of allylic oxidation sites excluding steroid dienone is 1. The molecule has 154 valence electrons. The van der Waals surface area contributed by atoms with Crippen molar-refractivity contribution in [3.05, 3.63) is 86.5 Å². The Morgan fingerprint density at radius 1 is 1.07 bits per heavy atom. The number of benzene rings is 2. The largest absolute Gasteiger partial charge is 0.449 e. The molecule has 0 radical (unpaired) electrons. The average molecular weight is 418 g/mol. The van der Waals surface area contributed by atoms with Crippen LogP contribution in [0.15, 0.2) is 65.6 Å². The number of hydrogen-bond donors (Lipinski definition) is 0. The van der Waals surface area contributed by atoms with Crippen LogP contribution >= 0.6 is 10.0 Å². The Labute approximate surface area is 169 Å². The van der Waals surface area contributed by atoms with E-state index in [2.05, 4.69) is 0 Å². The van der Waals surface area contributed by atoms with Crippen LogP contribution in [0.3, 0.4) is 0 Å². The molecule has 2 aromatic rings. The molecular weight excluding hydrogens is 396 g/mol. The van der Waals surface area contributed by atoms with Gasteiger partial charge in [0.1, 0.15) is 5.44 Å². The lowest BCUT2D eigenvalue weighted by atomic mass is 10.2. The van der Waals surface area contributed by atoms with Crippen LogP contribution in [0.5, 0.6) is 0 Å². The van der Waals surface area contributed by atoms with Gasteiger partial charge in [-0.3, -0.25) is 20.2 Å². The van der Waals surface area contributed by atoms with E-state index in [0.29, 0.717) is 6.42 Å². The maximum atomic E-state index is 12.8. The Morgan fingerprint density at radius 2 is 1.62 bits per heavy atom. The molecule has 29 heavy (non-hydrogen) atoms. The molecule has 2 aromatic carbocycles. The molecule has 0 bridgehead atoms. The molecule has 0 spiro atoms. The summed E-state index contributed by atoms with van der Waals surface area (Å²) in [4.78, 5) is 34.4. The zero-order valence-electron chi connectivity index (χ0n) is 16.3. The normalized spacial score (nSPS) is 13.1. The molecule has 9 heteroatoms. The van der Waals surface area contributed by atoms with Crippen LogP contribution in [0.2, 0.25) is 0 Å². The first-order chi connectivity index (χ1) is 13.7. The van der Waals surface area contributed by atoms with Gasteiger partial charge < -0.3 is 4.74 Å². The zero-order chi connectivity index (χ0) is 21.6. The first kappa shape index (κ1) is 22.1. The number of carbonyl (C=O) groups excluding carboxylic acids is 1. The molecule has 0 fully saturated rings. The third-order valence-corrected chi connectivity index (χ3v) is 7.46. The van der Waals surface area contributed by atoms with Gasteiger partial charge in [-0.2, -0.15) is 10.0 Å². The highest BCUT2D eigenvalue weighted by Gasteiger charge is 2.30. The summed E-state index contributed by atoms with van der Waals surface area (Å²) in [6, 6.07) is 12.4. The number of carbonyl (C=O) groups is 1. The first-order valence-corrected chi connectivity index (χ1v) is 11.2. The third-order valence-electron chi connectivity index (χ3n) is 4.37. The maximum absolute atomic E-state index is 12.8. The quantitative estimate of drug-likeness (QED) is 0.256. The van der Waals surface area contributed by atoms with Gasteiger partial charge in [-0.1, -0.05) is 30.4 Å². The molecule has 8 nitrogen and oxygen atoms in total. The fraction of sp³-hybridized carbons (Fsp3) is 0.250. The molecule has 0 aromatic heterocycles. The van der Waals surface area contributed by atoms with E-state index in [1.165, 1.54) is 0 Å². The summed E-state index contributed by atoms with van der Waals surface area (Å²) in [5.74, 6) is -0.831. The predicted octanol–water partition coefficient (Wildman–Crippen LogP) is 5.08. The highest BCUT2D eigenvalue weighted by Crippen LogP contribution is 2.55. The molecule has 0 saturated heterocycles. The minimum Gasteiger partial charge on any atom is -0.449 e. The van der Waals surface area contributed by atoms with Crippen molar-refractivity contribution in [2.24, 2.45) is 0 Å². The van der Waals surface area contributed by atoms with Crippen molar-refractivity contribution in [3.63, 3.8) is 0 Å². The van der Waals surface area contributed by atoms with E-state index in [0.717, 1.165) is 23.1 Å². The van der Waals surface area contributed by atoms with Gasteiger partial charge in [0.25, 0.3) is 11.4 Å². The lowest BCUT2D eigenvalue weighted by Crippen LogP contribution is -2.24. The molecule has 0 saturated carbocycles. The summed E-state index contributed by atoms with van der Waals surface area (Å²) in [6.07, 6.45) is 8.21. The molecule has 0 heterocycles. The Balaban J connectivity index is 2.40. The van der Waals surface area contributed by atoms with Gasteiger partial charge in [-0.05, 0) is 36.5 Å². The number of esters is 1. The Bertz CT molecular complexity index is 911. The van der Waals surface area contributed by atoms with Gasteiger partial charge in [-0.25, -0.2) is 4.79 Å². The van der Waals surface area contributed by atoms with Crippen LogP contribution in [0, 0.1) is 20.2 Å². The predicted molar refractivity (Wildman–Crippen MR) is 113 cm³/mol. The summed E-state index contributed by atoms with van der Waals surface area (Å²) in [7, 11) is -1.59. The van der Waals surface area contributed by atoms with E-state index in [1.807, 2.05) is 61.9 Å². The number of non-ortho nitro benzene ring substituents is 2. The van der Waals surface area contributed by atoms with Crippen molar-refractivity contribution in [3.8, 4) is 0 Å². The highest BCUT2D eigenvalue weighted by molar-refractivity contribution is 8.33. The number of hydrogen-bond acceptors (Lipinski definition) is 6. The van der Waals surface area contributed by atoms with Crippen LogP contribution in [0.4, 0.5) is 11.4 Å². The molecule has 1 atom stereocenters. The Hall–Kier alpha value is -3.20. The van der Waals surface area contributed by atoms with E-state index in [9.17, 15) is 25.0 Å². The number of rotatable bonds is 8. The standard InChI is InChI=1S/C20H22N2O6S/c1-4-5-11-19(29(2,3)18-9-7-6-8-10-18)28-20(23)15-12-16(21(24)25)14-17(13-15)22(26)27/h4-10,12-14,19H,11H2,1-3H3/b5-4-. The van der Waals surface area contributed by atoms with Crippen molar-refractivity contribution in [2.45, 2.75) is 23.7 Å². The van der Waals surface area contributed by atoms with Gasteiger partial charge >= 0.3 is 5.97 Å². The summed E-state index contributed by atoms with van der Waals surface area (Å²) in [5.41, 5.74) is -1.80. The SMILES string of the molecule is C/C=C\CC(OC(=O)c1cc([N+](=O)[O-])cc([N+](=O)[O-])c1)S(C)(C)c1ccccc1. The van der Waals surface area contributed by atoms with Crippen LogP contribution in [-0.2, 0) is 4.74 Å². The van der Waals surface area contributed by atoms with E-state index >= 15 is 0 Å². The molecule has 2 rings (SSSR count). The topological polar surface area (TPSA) is 113 Å². The summed E-state index contributed by atoms with van der Waals surface area (Å²) in [6.45, 7) is 1.85. The van der Waals surface area contributed by atoms with Gasteiger partial charge in [0.15, 0.2) is 0 Å². The van der Waals surface area contributed by atoms with Gasteiger partial charge in [-0.15, -0.1) is 0 Å². The van der Waals surface area contributed by atoms with Crippen molar-refractivity contribution >= 4 is 27.4 Å². The number of nitro benzene ring substituents is 2. The van der Waals surface area contributed by atoms with Crippen molar-refractivity contribution in [1.29, 1.82) is 0 Å². The van der Waals surface area contributed by atoms with Crippen LogP contribution < -0.4 is 0 Å². The number of nitro groups is 2. The molecule has 0 aliphatic rings. The molecule has 0 aliphatic heterocycles. The van der Waals surface area contributed by atoms with Crippen molar-refractivity contribution < 1.29 is 19.4 Å².